The number of urea groups is 1. The first-order chi connectivity index (χ1) is 7.03. The van der Waals surface area contributed by atoms with Crippen LogP contribution in [-0.2, 0) is 4.79 Å². The Bertz CT molecular complexity index is 282. The largest absolute Gasteiger partial charge is 0.335 e. The molecule has 0 radical (unpaired) electrons. The summed E-state index contributed by atoms with van der Waals surface area (Å²) in [5.74, 6) is 0. The van der Waals surface area contributed by atoms with E-state index in [1.807, 2.05) is 0 Å². The van der Waals surface area contributed by atoms with E-state index in [4.69, 9.17) is 0 Å². The van der Waals surface area contributed by atoms with Gasteiger partial charge in [0.25, 0.3) is 0 Å². The lowest BCUT2D eigenvalue weighted by molar-refractivity contribution is 0.236. The van der Waals surface area contributed by atoms with Crippen LogP contribution in [0.1, 0.15) is 33.1 Å². The van der Waals surface area contributed by atoms with Gasteiger partial charge in [-0.2, -0.15) is 4.99 Å². The van der Waals surface area contributed by atoms with Crippen molar-refractivity contribution < 1.29 is 9.59 Å². The Kier molecular flexibility index (Phi) is 3.86. The van der Waals surface area contributed by atoms with Crippen molar-refractivity contribution in [1.29, 1.82) is 0 Å². The minimum atomic E-state index is -0.267. The number of nitrogens with zero attached hydrogens (tertiary/aromatic N) is 1. The Hall–Kier alpha value is -1.35. The fourth-order valence-electron chi connectivity index (χ4n) is 1.94. The van der Waals surface area contributed by atoms with Crippen molar-refractivity contribution >= 4 is 12.1 Å². The number of amides is 2. The van der Waals surface area contributed by atoms with Gasteiger partial charge in [-0.1, -0.05) is 13.8 Å². The molecule has 5 nitrogen and oxygen atoms in total. The third kappa shape index (κ3) is 4.13. The van der Waals surface area contributed by atoms with E-state index in [0.29, 0.717) is 5.41 Å². The Morgan fingerprint density at radius 2 is 2.33 bits per heavy atom. The molecule has 0 aromatic carbocycles. The van der Waals surface area contributed by atoms with Gasteiger partial charge in [-0.3, -0.25) is 0 Å². The average Bonchev–Trinajstić information content (AvgIpc) is 2.46. The number of carbonyl (C=O) groups excluding carboxylic acids is 2. The Labute approximate surface area is 89.3 Å². The lowest BCUT2D eigenvalue weighted by atomic mass is 9.92. The summed E-state index contributed by atoms with van der Waals surface area (Å²) in [6.07, 6.45) is 4.50. The van der Waals surface area contributed by atoms with Crippen LogP contribution < -0.4 is 10.6 Å². The quantitative estimate of drug-likeness (QED) is 0.543. The zero-order valence-corrected chi connectivity index (χ0v) is 9.17. The molecular formula is C10H17N3O2. The molecule has 1 atom stereocenters. The van der Waals surface area contributed by atoms with E-state index in [1.54, 1.807) is 0 Å². The van der Waals surface area contributed by atoms with Gasteiger partial charge in [0.2, 0.25) is 6.08 Å². The first-order valence-corrected chi connectivity index (χ1v) is 5.11. The van der Waals surface area contributed by atoms with E-state index < -0.39 is 0 Å². The molecule has 1 fully saturated rings. The van der Waals surface area contributed by atoms with Gasteiger partial charge < -0.3 is 10.6 Å². The zero-order valence-electron chi connectivity index (χ0n) is 9.17. The van der Waals surface area contributed by atoms with Crippen LogP contribution in [0.3, 0.4) is 0 Å². The van der Waals surface area contributed by atoms with Crippen molar-refractivity contribution in [2.24, 2.45) is 10.4 Å². The van der Waals surface area contributed by atoms with Crippen LogP contribution >= 0.6 is 0 Å². The lowest BCUT2D eigenvalue weighted by Crippen LogP contribution is -2.41. The standard InChI is InChI=1S/C10H17N3O2/c1-10(2)4-3-8(5-10)13-9(15)12-6-11-7-14/h8H,3-6H2,1-2H3,(H2,12,13,15). The average molecular weight is 211 g/mol. The van der Waals surface area contributed by atoms with Crippen molar-refractivity contribution in [3.05, 3.63) is 0 Å². The number of hydrogen-bond acceptors (Lipinski definition) is 3. The molecule has 1 aliphatic carbocycles. The van der Waals surface area contributed by atoms with Crippen LogP contribution in [0.5, 0.6) is 0 Å². The van der Waals surface area contributed by atoms with Crippen LogP contribution in [0.2, 0.25) is 0 Å². The van der Waals surface area contributed by atoms with Crippen LogP contribution in [0.15, 0.2) is 4.99 Å². The molecule has 1 aliphatic rings. The second-order valence-corrected chi connectivity index (χ2v) is 4.66. The highest BCUT2D eigenvalue weighted by atomic mass is 16.2. The number of nitrogens with one attached hydrogen (secondary N) is 2. The molecule has 2 amide bonds. The van der Waals surface area contributed by atoms with E-state index >= 15 is 0 Å². The van der Waals surface area contributed by atoms with Crippen molar-refractivity contribution in [1.82, 2.24) is 10.6 Å². The molecule has 0 saturated heterocycles. The summed E-state index contributed by atoms with van der Waals surface area (Å²) in [5, 5.41) is 5.31. The maximum absolute atomic E-state index is 11.3. The summed E-state index contributed by atoms with van der Waals surface area (Å²) in [7, 11) is 0. The van der Waals surface area contributed by atoms with Gasteiger partial charge in [-0.15, -0.1) is 0 Å². The first-order valence-electron chi connectivity index (χ1n) is 5.11. The SMILES string of the molecule is CC1(C)CCC(NC(=O)NCN=C=O)C1. The number of aliphatic imine (C=N–C) groups is 1. The number of carbonyl (C=O) groups is 1. The molecule has 0 spiro atoms. The van der Waals surface area contributed by atoms with Crippen molar-refractivity contribution in [2.75, 3.05) is 6.67 Å². The molecule has 1 rings (SSSR count). The molecule has 0 heterocycles. The highest BCUT2D eigenvalue weighted by Crippen LogP contribution is 2.36. The van der Waals surface area contributed by atoms with Crippen LogP contribution in [0.25, 0.3) is 0 Å². The molecule has 0 aliphatic heterocycles. The molecule has 1 unspecified atom stereocenters. The highest BCUT2D eigenvalue weighted by Gasteiger charge is 2.31. The summed E-state index contributed by atoms with van der Waals surface area (Å²) in [6.45, 7) is 4.39. The van der Waals surface area contributed by atoms with Gasteiger partial charge in [0.1, 0.15) is 6.67 Å². The predicted molar refractivity (Wildman–Crippen MR) is 56.1 cm³/mol. The third-order valence-electron chi connectivity index (χ3n) is 2.69. The molecule has 5 heteroatoms. The normalized spacial score (nSPS) is 22.9. The Morgan fingerprint density at radius 3 is 2.87 bits per heavy atom. The van der Waals surface area contributed by atoms with E-state index in [-0.39, 0.29) is 18.7 Å². The molecule has 84 valence electrons. The van der Waals surface area contributed by atoms with Gasteiger partial charge in [-0.05, 0) is 24.7 Å². The smallest absolute Gasteiger partial charge is 0.316 e. The molecular weight excluding hydrogens is 194 g/mol. The van der Waals surface area contributed by atoms with E-state index in [9.17, 15) is 9.59 Å². The predicted octanol–water partition coefficient (Wildman–Crippen LogP) is 1.16. The third-order valence-corrected chi connectivity index (χ3v) is 2.69. The highest BCUT2D eigenvalue weighted by molar-refractivity contribution is 5.74. The summed E-state index contributed by atoms with van der Waals surface area (Å²) in [6, 6.07) is -0.0306. The molecule has 0 aromatic heterocycles. The second-order valence-electron chi connectivity index (χ2n) is 4.66. The minimum Gasteiger partial charge on any atom is -0.335 e. The summed E-state index contributed by atoms with van der Waals surface area (Å²) in [5.41, 5.74) is 0.318. The molecule has 1 saturated carbocycles. The number of rotatable bonds is 3. The molecule has 15 heavy (non-hydrogen) atoms. The van der Waals surface area contributed by atoms with Crippen LogP contribution in [0.4, 0.5) is 4.79 Å². The fourth-order valence-corrected chi connectivity index (χ4v) is 1.94. The number of hydrogen-bond donors (Lipinski definition) is 2. The Morgan fingerprint density at radius 1 is 1.60 bits per heavy atom. The van der Waals surface area contributed by atoms with Gasteiger partial charge in [0.05, 0.1) is 0 Å². The summed E-state index contributed by atoms with van der Waals surface area (Å²) < 4.78 is 0. The number of isocyanates is 1. The van der Waals surface area contributed by atoms with E-state index in [2.05, 4.69) is 29.5 Å². The first kappa shape index (κ1) is 11.7. The topological polar surface area (TPSA) is 70.6 Å². The maximum Gasteiger partial charge on any atom is 0.316 e. The molecule has 0 aromatic rings. The maximum atomic E-state index is 11.3. The monoisotopic (exact) mass is 211 g/mol. The zero-order chi connectivity index (χ0) is 11.3. The van der Waals surface area contributed by atoms with Gasteiger partial charge in [-0.25, -0.2) is 9.59 Å². The van der Waals surface area contributed by atoms with Gasteiger partial charge in [0.15, 0.2) is 0 Å². The van der Waals surface area contributed by atoms with E-state index in [1.165, 1.54) is 6.08 Å². The second kappa shape index (κ2) is 4.94. The summed E-state index contributed by atoms with van der Waals surface area (Å²) >= 11 is 0. The van der Waals surface area contributed by atoms with Crippen LogP contribution in [-0.4, -0.2) is 24.8 Å². The van der Waals surface area contributed by atoms with Crippen molar-refractivity contribution in [3.63, 3.8) is 0 Å². The van der Waals surface area contributed by atoms with Crippen LogP contribution in [0, 0.1) is 5.41 Å². The Balaban J connectivity index is 2.24. The van der Waals surface area contributed by atoms with E-state index in [0.717, 1.165) is 19.3 Å². The summed E-state index contributed by atoms with van der Waals surface area (Å²) in [4.78, 5) is 24.3. The minimum absolute atomic E-state index is 0.00849. The van der Waals surface area contributed by atoms with Crippen molar-refractivity contribution in [3.8, 4) is 0 Å². The fraction of sp³-hybridized carbons (Fsp3) is 0.800. The molecule has 2 N–H and O–H groups in total. The van der Waals surface area contributed by atoms with Crippen molar-refractivity contribution in [2.45, 2.75) is 39.2 Å². The lowest BCUT2D eigenvalue weighted by Gasteiger charge is -2.17. The van der Waals surface area contributed by atoms with Gasteiger partial charge >= 0.3 is 6.03 Å². The molecule has 0 bridgehead atoms. The van der Waals surface area contributed by atoms with Gasteiger partial charge in [0, 0.05) is 6.04 Å².